The summed E-state index contributed by atoms with van der Waals surface area (Å²) in [6.07, 6.45) is 5.50. The Morgan fingerprint density at radius 3 is 1.64 bits per heavy atom. The predicted octanol–water partition coefficient (Wildman–Crippen LogP) is 5.10. The molecule has 0 bridgehead atoms. The molecule has 1 aromatic carbocycles. The number of likely N-dealkylation sites (tertiary alicyclic amines) is 2. The second-order valence-electron chi connectivity index (χ2n) is 9.89. The molecule has 0 atom stereocenters. The number of carboxylic acids is 1. The zero-order valence-corrected chi connectivity index (χ0v) is 23.3. The molecule has 3 rings (SSSR count). The van der Waals surface area contributed by atoms with E-state index in [1.165, 1.54) is 0 Å². The molecule has 1 aromatic rings. The van der Waals surface area contributed by atoms with E-state index in [1.54, 1.807) is 9.80 Å². The maximum absolute atomic E-state index is 12.1. The van der Waals surface area contributed by atoms with Crippen LogP contribution in [0.4, 0.5) is 9.59 Å². The van der Waals surface area contributed by atoms with Gasteiger partial charge in [-0.2, -0.15) is 0 Å². The molecular formula is C29H44N2O8. The van der Waals surface area contributed by atoms with Gasteiger partial charge in [0.15, 0.2) is 0 Å². The van der Waals surface area contributed by atoms with Crippen molar-refractivity contribution in [2.75, 3.05) is 39.4 Å². The van der Waals surface area contributed by atoms with Gasteiger partial charge in [-0.05, 0) is 44.1 Å². The van der Waals surface area contributed by atoms with Crippen LogP contribution in [0.2, 0.25) is 0 Å². The Balaban J connectivity index is 0.000000293. The lowest BCUT2D eigenvalue weighted by Crippen LogP contribution is -2.41. The number of carbonyl (C=O) groups excluding carboxylic acids is 3. The van der Waals surface area contributed by atoms with Crippen LogP contribution in [-0.2, 0) is 30.4 Å². The predicted molar refractivity (Wildman–Crippen MR) is 145 cm³/mol. The van der Waals surface area contributed by atoms with E-state index in [9.17, 15) is 19.2 Å². The van der Waals surface area contributed by atoms with E-state index in [-0.39, 0.29) is 30.0 Å². The Labute approximate surface area is 231 Å². The lowest BCUT2D eigenvalue weighted by atomic mass is 9.97. The topological polar surface area (TPSA) is 123 Å². The van der Waals surface area contributed by atoms with E-state index in [4.69, 9.17) is 19.3 Å². The highest BCUT2D eigenvalue weighted by Crippen LogP contribution is 2.20. The summed E-state index contributed by atoms with van der Waals surface area (Å²) in [5.74, 6) is -1.37. The summed E-state index contributed by atoms with van der Waals surface area (Å²) in [7, 11) is 0. The van der Waals surface area contributed by atoms with E-state index >= 15 is 0 Å². The highest BCUT2D eigenvalue weighted by atomic mass is 16.6. The molecule has 2 saturated heterocycles. The van der Waals surface area contributed by atoms with Gasteiger partial charge in [-0.15, -0.1) is 0 Å². The number of unbranched alkanes of at least 4 members (excludes halogenated alkanes) is 2. The number of amides is 2. The fraction of sp³-hybridized carbons (Fsp3) is 0.655. The Morgan fingerprint density at radius 2 is 1.21 bits per heavy atom. The van der Waals surface area contributed by atoms with Crippen molar-refractivity contribution >= 4 is 24.1 Å². The van der Waals surface area contributed by atoms with E-state index in [1.807, 2.05) is 37.3 Å². The highest BCUT2D eigenvalue weighted by molar-refractivity contribution is 5.73. The molecule has 218 valence electrons. The second kappa shape index (κ2) is 18.1. The summed E-state index contributed by atoms with van der Waals surface area (Å²) in [6, 6.07) is 9.64. The van der Waals surface area contributed by atoms with Crippen molar-refractivity contribution < 1.29 is 38.5 Å². The Kier molecular flexibility index (Phi) is 14.8. The van der Waals surface area contributed by atoms with Gasteiger partial charge in [-0.25, -0.2) is 9.59 Å². The molecule has 39 heavy (non-hydrogen) atoms. The average Bonchev–Trinajstić information content (AvgIpc) is 2.97. The van der Waals surface area contributed by atoms with Gasteiger partial charge in [0.2, 0.25) is 0 Å². The first-order valence-electron chi connectivity index (χ1n) is 14.1. The fourth-order valence-electron chi connectivity index (χ4n) is 4.24. The van der Waals surface area contributed by atoms with Crippen LogP contribution in [0.15, 0.2) is 30.3 Å². The molecule has 10 heteroatoms. The quantitative estimate of drug-likeness (QED) is 0.243. The molecule has 2 amide bonds. The molecule has 2 aliphatic heterocycles. The number of esters is 1. The number of hydrogen-bond donors (Lipinski definition) is 1. The van der Waals surface area contributed by atoms with Crippen LogP contribution in [0.3, 0.4) is 0 Å². The van der Waals surface area contributed by atoms with E-state index < -0.39 is 5.97 Å². The molecule has 0 aromatic heterocycles. The van der Waals surface area contributed by atoms with Gasteiger partial charge in [0.1, 0.15) is 6.61 Å². The third-order valence-electron chi connectivity index (χ3n) is 6.86. The molecule has 0 spiro atoms. The van der Waals surface area contributed by atoms with E-state index in [2.05, 4.69) is 6.92 Å². The molecule has 2 aliphatic rings. The minimum Gasteiger partial charge on any atom is -0.481 e. The van der Waals surface area contributed by atoms with Crippen LogP contribution >= 0.6 is 0 Å². The van der Waals surface area contributed by atoms with Crippen molar-refractivity contribution in [1.29, 1.82) is 0 Å². The van der Waals surface area contributed by atoms with E-state index in [0.717, 1.165) is 31.2 Å². The second-order valence-corrected chi connectivity index (χ2v) is 9.89. The standard InChI is InChI=1S/C18H25NO4.C11H19NO4/c1-2-3-13-22-18(21)19-11-9-16(10-12-19)17(20)23-14-15-7-5-4-6-8-15;1-2-3-8-16-11(15)12-6-4-9(5-7-12)10(13)14/h4-8,16H,2-3,9-14H2,1H3;9H,2-8H2,1H3,(H,13,14). The summed E-state index contributed by atoms with van der Waals surface area (Å²) >= 11 is 0. The first-order valence-corrected chi connectivity index (χ1v) is 14.1. The number of carboxylic acid groups (broad SMARTS) is 1. The van der Waals surface area contributed by atoms with Crippen LogP contribution in [-0.4, -0.2) is 78.4 Å². The first-order chi connectivity index (χ1) is 18.8. The number of rotatable bonds is 10. The van der Waals surface area contributed by atoms with Gasteiger partial charge < -0.3 is 29.1 Å². The summed E-state index contributed by atoms with van der Waals surface area (Å²) in [6.45, 7) is 7.39. The zero-order chi connectivity index (χ0) is 28.5. The Hall–Kier alpha value is -3.30. The average molecular weight is 549 g/mol. The molecule has 2 fully saturated rings. The van der Waals surface area contributed by atoms with Gasteiger partial charge in [-0.1, -0.05) is 57.0 Å². The van der Waals surface area contributed by atoms with Crippen LogP contribution in [0, 0.1) is 11.8 Å². The number of piperidine rings is 2. The Morgan fingerprint density at radius 1 is 0.744 bits per heavy atom. The fourth-order valence-corrected chi connectivity index (χ4v) is 4.24. The maximum atomic E-state index is 12.1. The number of ether oxygens (including phenoxy) is 3. The first kappa shape index (κ1) is 31.9. The van der Waals surface area contributed by atoms with Gasteiger partial charge in [0, 0.05) is 26.2 Å². The normalized spacial score (nSPS) is 16.1. The van der Waals surface area contributed by atoms with Crippen molar-refractivity contribution in [2.24, 2.45) is 11.8 Å². The monoisotopic (exact) mass is 548 g/mol. The maximum Gasteiger partial charge on any atom is 0.409 e. The number of aliphatic carboxylic acids is 1. The summed E-state index contributed by atoms with van der Waals surface area (Å²) in [5, 5.41) is 8.80. The van der Waals surface area contributed by atoms with Crippen molar-refractivity contribution in [3.05, 3.63) is 35.9 Å². The lowest BCUT2D eigenvalue weighted by molar-refractivity contribution is -0.151. The Bertz CT molecular complexity index is 879. The molecule has 10 nitrogen and oxygen atoms in total. The van der Waals surface area contributed by atoms with E-state index in [0.29, 0.717) is 71.7 Å². The van der Waals surface area contributed by atoms with Gasteiger partial charge in [0.05, 0.1) is 25.0 Å². The van der Waals surface area contributed by atoms with Crippen molar-refractivity contribution in [1.82, 2.24) is 9.80 Å². The minimum absolute atomic E-state index is 0.126. The molecule has 0 radical (unpaired) electrons. The molecule has 2 heterocycles. The number of benzene rings is 1. The smallest absolute Gasteiger partial charge is 0.409 e. The molecule has 0 unspecified atom stereocenters. The third kappa shape index (κ3) is 12.0. The summed E-state index contributed by atoms with van der Waals surface area (Å²) < 4.78 is 15.6. The summed E-state index contributed by atoms with van der Waals surface area (Å²) in [4.78, 5) is 49.4. The SMILES string of the molecule is CCCCOC(=O)N1CCC(C(=O)O)CC1.CCCCOC(=O)N1CCC(C(=O)OCc2ccccc2)CC1. The van der Waals surface area contributed by atoms with Gasteiger partial charge in [-0.3, -0.25) is 9.59 Å². The number of nitrogens with zero attached hydrogens (tertiary/aromatic N) is 2. The van der Waals surface area contributed by atoms with Crippen LogP contribution in [0.5, 0.6) is 0 Å². The van der Waals surface area contributed by atoms with Crippen LogP contribution < -0.4 is 0 Å². The third-order valence-corrected chi connectivity index (χ3v) is 6.86. The van der Waals surface area contributed by atoms with Crippen molar-refractivity contribution in [2.45, 2.75) is 71.8 Å². The highest BCUT2D eigenvalue weighted by Gasteiger charge is 2.29. The van der Waals surface area contributed by atoms with Crippen molar-refractivity contribution in [3.8, 4) is 0 Å². The molecular weight excluding hydrogens is 504 g/mol. The molecule has 1 N–H and O–H groups in total. The van der Waals surface area contributed by atoms with Crippen molar-refractivity contribution in [3.63, 3.8) is 0 Å². The van der Waals surface area contributed by atoms with Gasteiger partial charge >= 0.3 is 24.1 Å². The largest absolute Gasteiger partial charge is 0.481 e. The molecule has 0 saturated carbocycles. The van der Waals surface area contributed by atoms with Gasteiger partial charge in [0.25, 0.3) is 0 Å². The number of carbonyl (C=O) groups is 4. The van der Waals surface area contributed by atoms with Crippen LogP contribution in [0.25, 0.3) is 0 Å². The summed E-state index contributed by atoms with van der Waals surface area (Å²) in [5.41, 5.74) is 0.984. The molecule has 0 aliphatic carbocycles. The van der Waals surface area contributed by atoms with Crippen LogP contribution in [0.1, 0.15) is 70.8 Å². The zero-order valence-electron chi connectivity index (χ0n) is 23.3. The minimum atomic E-state index is -0.765. The number of hydrogen-bond acceptors (Lipinski definition) is 7. The lowest BCUT2D eigenvalue weighted by Gasteiger charge is -2.30.